The standard InChI is InChI=1S/C23H32N4O5S/c1-13(24-4)19(28)25-15-10-11-33-16-12-23(2,3)18(27(16)21(15)30)20(29)26-17(22(31)32)14-8-6-5-7-9-14/h5-9,13,15-18,24H,10-12H2,1-4H3,(H,25,28)(H,26,29)(H,31,32)/t13?,15-,16-,17?,18+/m0/s1. The van der Waals surface area contributed by atoms with Crippen LogP contribution in [0, 0.1) is 5.41 Å². The molecule has 2 aliphatic rings. The minimum Gasteiger partial charge on any atom is -0.479 e. The van der Waals surface area contributed by atoms with Gasteiger partial charge in [0.1, 0.15) is 12.1 Å². The number of hydrogen-bond acceptors (Lipinski definition) is 6. The number of carboxylic acid groups (broad SMARTS) is 1. The Morgan fingerprint density at radius 1 is 1.21 bits per heavy atom. The zero-order valence-corrected chi connectivity index (χ0v) is 20.1. The van der Waals surface area contributed by atoms with Crippen LogP contribution >= 0.6 is 11.8 Å². The SMILES string of the molecule is CNC(C)C(=O)N[C@H]1CCS[C@H]2CC(C)(C)[C@@H](C(=O)NC(C(=O)O)c3ccccc3)N2C1=O. The zero-order chi connectivity index (χ0) is 24.3. The molecule has 0 aliphatic carbocycles. The van der Waals surface area contributed by atoms with Gasteiger partial charge in [-0.05, 0) is 43.5 Å². The molecule has 3 rings (SSSR count). The minimum absolute atomic E-state index is 0.216. The largest absolute Gasteiger partial charge is 0.479 e. The molecule has 4 N–H and O–H groups in total. The first kappa shape index (κ1) is 25.0. The van der Waals surface area contributed by atoms with Crippen molar-refractivity contribution in [3.63, 3.8) is 0 Å². The summed E-state index contributed by atoms with van der Waals surface area (Å²) >= 11 is 1.59. The molecule has 2 heterocycles. The van der Waals surface area contributed by atoms with Crippen molar-refractivity contribution >= 4 is 35.5 Å². The van der Waals surface area contributed by atoms with Crippen molar-refractivity contribution in [2.45, 2.75) is 63.2 Å². The van der Waals surface area contributed by atoms with Crippen LogP contribution in [-0.2, 0) is 19.2 Å². The molecule has 9 nitrogen and oxygen atoms in total. The highest BCUT2D eigenvalue weighted by molar-refractivity contribution is 7.99. The van der Waals surface area contributed by atoms with E-state index in [1.807, 2.05) is 13.8 Å². The molecule has 1 aromatic rings. The van der Waals surface area contributed by atoms with Gasteiger partial charge in [0.05, 0.1) is 11.4 Å². The molecule has 0 bridgehead atoms. The van der Waals surface area contributed by atoms with Gasteiger partial charge in [-0.25, -0.2) is 4.79 Å². The summed E-state index contributed by atoms with van der Waals surface area (Å²) in [7, 11) is 1.67. The van der Waals surface area contributed by atoms with Gasteiger partial charge in [0.25, 0.3) is 0 Å². The van der Waals surface area contributed by atoms with Crippen molar-refractivity contribution in [2.75, 3.05) is 12.8 Å². The van der Waals surface area contributed by atoms with Crippen molar-refractivity contribution in [3.05, 3.63) is 35.9 Å². The predicted molar refractivity (Wildman–Crippen MR) is 125 cm³/mol. The van der Waals surface area contributed by atoms with Crippen LogP contribution in [0.2, 0.25) is 0 Å². The lowest BCUT2D eigenvalue weighted by atomic mass is 9.83. The fourth-order valence-electron chi connectivity index (χ4n) is 4.43. The Labute approximate surface area is 198 Å². The molecule has 33 heavy (non-hydrogen) atoms. The summed E-state index contributed by atoms with van der Waals surface area (Å²) in [6.45, 7) is 5.53. The Morgan fingerprint density at radius 2 is 1.88 bits per heavy atom. The number of carbonyl (C=O) groups excluding carboxylic acids is 3. The summed E-state index contributed by atoms with van der Waals surface area (Å²) in [5.74, 6) is -1.61. The van der Waals surface area contributed by atoms with Gasteiger partial charge < -0.3 is 26.0 Å². The number of benzene rings is 1. The van der Waals surface area contributed by atoms with Gasteiger partial charge in [0.2, 0.25) is 17.7 Å². The van der Waals surface area contributed by atoms with Crippen molar-refractivity contribution in [1.29, 1.82) is 0 Å². The highest BCUT2D eigenvalue weighted by atomic mass is 32.2. The van der Waals surface area contributed by atoms with Gasteiger partial charge in [-0.15, -0.1) is 11.8 Å². The molecule has 180 valence electrons. The van der Waals surface area contributed by atoms with Crippen LogP contribution in [0.15, 0.2) is 30.3 Å². The van der Waals surface area contributed by atoms with Gasteiger partial charge >= 0.3 is 5.97 Å². The van der Waals surface area contributed by atoms with Crippen LogP contribution in [0.5, 0.6) is 0 Å². The molecule has 3 amide bonds. The summed E-state index contributed by atoms with van der Waals surface area (Å²) in [4.78, 5) is 52.9. The number of carboxylic acids is 1. The van der Waals surface area contributed by atoms with Gasteiger partial charge in [-0.3, -0.25) is 14.4 Å². The lowest BCUT2D eigenvalue weighted by Crippen LogP contribution is -2.58. The summed E-state index contributed by atoms with van der Waals surface area (Å²) < 4.78 is 0. The van der Waals surface area contributed by atoms with E-state index in [9.17, 15) is 24.3 Å². The van der Waals surface area contributed by atoms with Crippen LogP contribution in [-0.4, -0.2) is 70.0 Å². The van der Waals surface area contributed by atoms with Gasteiger partial charge in [-0.1, -0.05) is 44.2 Å². The molecule has 10 heteroatoms. The number of nitrogens with one attached hydrogen (secondary N) is 3. The number of fused-ring (bicyclic) bond motifs is 1. The topological polar surface area (TPSA) is 128 Å². The number of hydrogen-bond donors (Lipinski definition) is 4. The Morgan fingerprint density at radius 3 is 2.48 bits per heavy atom. The van der Waals surface area contributed by atoms with Crippen molar-refractivity contribution in [3.8, 4) is 0 Å². The van der Waals surface area contributed by atoms with Crippen LogP contribution in [0.4, 0.5) is 0 Å². The van der Waals surface area contributed by atoms with E-state index in [2.05, 4.69) is 16.0 Å². The fraction of sp³-hybridized carbons (Fsp3) is 0.565. The normalized spacial score (nSPS) is 26.0. The monoisotopic (exact) mass is 476 g/mol. The van der Waals surface area contributed by atoms with E-state index in [4.69, 9.17) is 0 Å². The maximum Gasteiger partial charge on any atom is 0.330 e. The summed E-state index contributed by atoms with van der Waals surface area (Å²) in [5, 5.41) is 17.8. The number of rotatable bonds is 7. The number of carbonyl (C=O) groups is 4. The van der Waals surface area contributed by atoms with Crippen LogP contribution in [0.1, 0.15) is 45.2 Å². The van der Waals surface area contributed by atoms with E-state index in [1.165, 1.54) is 0 Å². The van der Waals surface area contributed by atoms with Crippen LogP contribution in [0.3, 0.4) is 0 Å². The van der Waals surface area contributed by atoms with Crippen molar-refractivity contribution in [2.24, 2.45) is 5.41 Å². The fourth-order valence-corrected chi connectivity index (χ4v) is 6.01. The highest BCUT2D eigenvalue weighted by Crippen LogP contribution is 2.46. The van der Waals surface area contributed by atoms with Crippen LogP contribution in [0.25, 0.3) is 0 Å². The van der Waals surface area contributed by atoms with E-state index in [-0.39, 0.29) is 17.2 Å². The average Bonchev–Trinajstić information content (AvgIpc) is 2.97. The van der Waals surface area contributed by atoms with E-state index in [0.717, 1.165) is 0 Å². The first-order valence-electron chi connectivity index (χ1n) is 11.1. The molecular weight excluding hydrogens is 444 g/mol. The number of likely N-dealkylation sites (N-methyl/N-ethyl adjacent to an activating group) is 1. The summed E-state index contributed by atoms with van der Waals surface area (Å²) in [6.07, 6.45) is 1.06. The lowest BCUT2D eigenvalue weighted by Gasteiger charge is -2.34. The third kappa shape index (κ3) is 5.33. The number of thioether (sulfide) groups is 1. The zero-order valence-electron chi connectivity index (χ0n) is 19.3. The average molecular weight is 477 g/mol. The molecule has 5 atom stereocenters. The van der Waals surface area contributed by atoms with Crippen molar-refractivity contribution in [1.82, 2.24) is 20.9 Å². The van der Waals surface area contributed by atoms with Crippen LogP contribution < -0.4 is 16.0 Å². The molecule has 0 spiro atoms. The van der Waals surface area contributed by atoms with E-state index in [1.54, 1.807) is 61.0 Å². The molecule has 0 aromatic heterocycles. The Kier molecular flexibility index (Phi) is 7.69. The number of amides is 3. The maximum atomic E-state index is 13.5. The molecule has 2 fully saturated rings. The first-order chi connectivity index (χ1) is 15.6. The Bertz CT molecular complexity index is 909. The smallest absolute Gasteiger partial charge is 0.330 e. The minimum atomic E-state index is -1.23. The maximum absolute atomic E-state index is 13.5. The third-order valence-electron chi connectivity index (χ3n) is 6.36. The quantitative estimate of drug-likeness (QED) is 0.464. The first-order valence-corrected chi connectivity index (χ1v) is 12.1. The molecule has 2 unspecified atom stereocenters. The second kappa shape index (κ2) is 10.1. The number of nitrogens with zero attached hydrogens (tertiary/aromatic N) is 1. The van der Waals surface area contributed by atoms with E-state index in [0.29, 0.717) is 24.2 Å². The summed E-state index contributed by atoms with van der Waals surface area (Å²) in [5.41, 5.74) is -0.116. The molecule has 0 radical (unpaired) electrons. The van der Waals surface area contributed by atoms with Crippen molar-refractivity contribution < 1.29 is 24.3 Å². The molecule has 0 saturated carbocycles. The summed E-state index contributed by atoms with van der Waals surface area (Å²) in [6, 6.07) is 5.20. The third-order valence-corrected chi connectivity index (χ3v) is 7.61. The lowest BCUT2D eigenvalue weighted by molar-refractivity contribution is -0.146. The van der Waals surface area contributed by atoms with Gasteiger partial charge in [0.15, 0.2) is 6.04 Å². The van der Waals surface area contributed by atoms with E-state index >= 15 is 0 Å². The van der Waals surface area contributed by atoms with Gasteiger partial charge in [0, 0.05) is 0 Å². The van der Waals surface area contributed by atoms with E-state index < -0.39 is 41.5 Å². The Hall–Kier alpha value is -2.59. The molecular formula is C23H32N4O5S. The Balaban J connectivity index is 1.86. The molecule has 1 aromatic carbocycles. The highest BCUT2D eigenvalue weighted by Gasteiger charge is 2.54. The second-order valence-electron chi connectivity index (χ2n) is 9.22. The second-order valence-corrected chi connectivity index (χ2v) is 10.5. The molecule has 2 saturated heterocycles. The molecule has 2 aliphatic heterocycles. The number of aliphatic carboxylic acids is 1. The van der Waals surface area contributed by atoms with Gasteiger partial charge in [-0.2, -0.15) is 0 Å². The predicted octanol–water partition coefficient (Wildman–Crippen LogP) is 1.11.